The molecule has 0 unspecified atom stereocenters. The van der Waals surface area contributed by atoms with Crippen LogP contribution in [0.2, 0.25) is 0 Å². The van der Waals surface area contributed by atoms with Crippen molar-refractivity contribution in [2.45, 2.75) is 33.6 Å². The molecule has 0 saturated carbocycles. The summed E-state index contributed by atoms with van der Waals surface area (Å²) in [7, 11) is 0. The smallest absolute Gasteiger partial charge is 0.233 e. The van der Waals surface area contributed by atoms with E-state index in [1.807, 2.05) is 26.0 Å². The lowest BCUT2D eigenvalue weighted by Crippen LogP contribution is -2.10. The summed E-state index contributed by atoms with van der Waals surface area (Å²) < 4.78 is 0. The van der Waals surface area contributed by atoms with Crippen LogP contribution in [0.15, 0.2) is 24.3 Å². The first kappa shape index (κ1) is 16.0. The molecule has 2 aromatic rings. The Hall–Kier alpha value is -2.37. The molecule has 6 heteroatoms. The number of hydrogen-bond donors (Lipinski definition) is 3. The van der Waals surface area contributed by atoms with Gasteiger partial charge in [-0.3, -0.25) is 0 Å². The summed E-state index contributed by atoms with van der Waals surface area (Å²) in [6.45, 7) is 9.90. The molecule has 0 bridgehead atoms. The predicted molar refractivity (Wildman–Crippen MR) is 92.0 cm³/mol. The van der Waals surface area contributed by atoms with E-state index in [1.165, 1.54) is 5.56 Å². The summed E-state index contributed by atoms with van der Waals surface area (Å²) in [5, 5.41) is 9.45. The molecule has 0 amide bonds. The van der Waals surface area contributed by atoms with E-state index in [0.29, 0.717) is 23.8 Å². The second-order valence-electron chi connectivity index (χ2n) is 5.27. The van der Waals surface area contributed by atoms with Crippen molar-refractivity contribution in [2.75, 3.05) is 29.0 Å². The van der Waals surface area contributed by atoms with Crippen molar-refractivity contribution in [3.05, 3.63) is 29.8 Å². The van der Waals surface area contributed by atoms with Crippen LogP contribution < -0.4 is 16.0 Å². The minimum Gasteiger partial charge on any atom is -0.354 e. The summed E-state index contributed by atoms with van der Waals surface area (Å²) in [5.74, 6) is 2.18. The number of anilines is 4. The highest BCUT2D eigenvalue weighted by Gasteiger charge is 2.06. The summed E-state index contributed by atoms with van der Waals surface area (Å²) in [6.07, 6.45) is 0. The third-order valence-corrected chi connectivity index (χ3v) is 3.14. The minimum atomic E-state index is 0.520. The normalized spacial score (nSPS) is 10.6. The van der Waals surface area contributed by atoms with Gasteiger partial charge in [-0.1, -0.05) is 26.0 Å². The first-order valence-electron chi connectivity index (χ1n) is 7.73. The Morgan fingerprint density at radius 3 is 1.77 bits per heavy atom. The van der Waals surface area contributed by atoms with E-state index in [0.717, 1.165) is 18.8 Å². The van der Waals surface area contributed by atoms with Gasteiger partial charge >= 0.3 is 0 Å². The molecule has 2 rings (SSSR count). The predicted octanol–water partition coefficient (Wildman–Crippen LogP) is 3.60. The molecule has 3 N–H and O–H groups in total. The molecule has 22 heavy (non-hydrogen) atoms. The fourth-order valence-corrected chi connectivity index (χ4v) is 1.99. The van der Waals surface area contributed by atoms with Crippen molar-refractivity contribution in [1.29, 1.82) is 0 Å². The van der Waals surface area contributed by atoms with Gasteiger partial charge in [0.25, 0.3) is 0 Å². The Morgan fingerprint density at radius 2 is 1.32 bits per heavy atom. The van der Waals surface area contributed by atoms with Crippen molar-refractivity contribution >= 4 is 23.5 Å². The van der Waals surface area contributed by atoms with Crippen LogP contribution in [-0.4, -0.2) is 28.0 Å². The zero-order valence-electron chi connectivity index (χ0n) is 13.6. The molecule has 1 heterocycles. The fourth-order valence-electron chi connectivity index (χ4n) is 1.99. The largest absolute Gasteiger partial charge is 0.354 e. The Kier molecular flexibility index (Phi) is 5.52. The van der Waals surface area contributed by atoms with Gasteiger partial charge in [-0.2, -0.15) is 15.0 Å². The first-order chi connectivity index (χ1) is 10.6. The van der Waals surface area contributed by atoms with E-state index < -0.39 is 0 Å². The van der Waals surface area contributed by atoms with Gasteiger partial charge in [0.05, 0.1) is 0 Å². The summed E-state index contributed by atoms with van der Waals surface area (Å²) in [4.78, 5) is 13.1. The Morgan fingerprint density at radius 1 is 0.818 bits per heavy atom. The maximum absolute atomic E-state index is 4.37. The standard InChI is InChI=1S/C16H24N6/c1-5-17-14-20-15(18-6-2)22-16(21-14)19-13-9-7-12(8-10-13)11(3)4/h7-11H,5-6H2,1-4H3,(H3,17,18,19,20,21,22). The van der Waals surface area contributed by atoms with Crippen LogP contribution in [0.1, 0.15) is 39.2 Å². The van der Waals surface area contributed by atoms with E-state index >= 15 is 0 Å². The Balaban J connectivity index is 2.19. The maximum Gasteiger partial charge on any atom is 0.233 e. The highest BCUT2D eigenvalue weighted by atomic mass is 15.3. The molecule has 118 valence electrons. The van der Waals surface area contributed by atoms with Gasteiger partial charge in [-0.05, 0) is 37.5 Å². The molecule has 0 saturated heterocycles. The zero-order valence-corrected chi connectivity index (χ0v) is 13.6. The first-order valence-corrected chi connectivity index (χ1v) is 7.73. The van der Waals surface area contributed by atoms with Crippen molar-refractivity contribution in [3.8, 4) is 0 Å². The molecule has 0 aliphatic rings. The third kappa shape index (κ3) is 4.31. The van der Waals surface area contributed by atoms with Crippen LogP contribution in [0, 0.1) is 0 Å². The molecule has 1 aromatic heterocycles. The van der Waals surface area contributed by atoms with Gasteiger partial charge in [-0.25, -0.2) is 0 Å². The third-order valence-electron chi connectivity index (χ3n) is 3.14. The number of rotatable bonds is 7. The molecule has 1 aromatic carbocycles. The molecule has 0 spiro atoms. The van der Waals surface area contributed by atoms with Crippen LogP contribution in [-0.2, 0) is 0 Å². The average molecular weight is 300 g/mol. The Labute approximate surface area is 131 Å². The molecular weight excluding hydrogens is 276 g/mol. The lowest BCUT2D eigenvalue weighted by molar-refractivity contribution is 0.867. The van der Waals surface area contributed by atoms with Crippen molar-refractivity contribution in [3.63, 3.8) is 0 Å². The van der Waals surface area contributed by atoms with E-state index in [4.69, 9.17) is 0 Å². The molecule has 0 aliphatic carbocycles. The van der Waals surface area contributed by atoms with E-state index in [9.17, 15) is 0 Å². The number of hydrogen-bond acceptors (Lipinski definition) is 6. The highest BCUT2D eigenvalue weighted by Crippen LogP contribution is 2.20. The second-order valence-corrected chi connectivity index (χ2v) is 5.27. The molecule has 0 aliphatic heterocycles. The lowest BCUT2D eigenvalue weighted by atomic mass is 10.0. The van der Waals surface area contributed by atoms with Crippen LogP contribution in [0.3, 0.4) is 0 Å². The van der Waals surface area contributed by atoms with Crippen LogP contribution in [0.25, 0.3) is 0 Å². The maximum atomic E-state index is 4.37. The van der Waals surface area contributed by atoms with Crippen molar-refractivity contribution < 1.29 is 0 Å². The monoisotopic (exact) mass is 300 g/mol. The SMILES string of the molecule is CCNc1nc(NCC)nc(Nc2ccc(C(C)C)cc2)n1. The Bertz CT molecular complexity index is 570. The van der Waals surface area contributed by atoms with Gasteiger partial charge in [0.1, 0.15) is 0 Å². The molecule has 0 atom stereocenters. The zero-order chi connectivity index (χ0) is 15.9. The van der Waals surface area contributed by atoms with Gasteiger partial charge in [0.2, 0.25) is 17.8 Å². The highest BCUT2D eigenvalue weighted by molar-refractivity contribution is 5.56. The number of nitrogens with one attached hydrogen (secondary N) is 3. The van der Waals surface area contributed by atoms with Gasteiger partial charge in [0.15, 0.2) is 0 Å². The van der Waals surface area contributed by atoms with E-state index in [1.54, 1.807) is 0 Å². The molecule has 6 nitrogen and oxygen atoms in total. The topological polar surface area (TPSA) is 74.8 Å². The second kappa shape index (κ2) is 7.59. The lowest BCUT2D eigenvalue weighted by Gasteiger charge is -2.11. The van der Waals surface area contributed by atoms with Crippen LogP contribution >= 0.6 is 0 Å². The van der Waals surface area contributed by atoms with E-state index in [2.05, 4.69) is 56.9 Å². The molecular formula is C16H24N6. The quantitative estimate of drug-likeness (QED) is 0.725. The van der Waals surface area contributed by atoms with Gasteiger partial charge < -0.3 is 16.0 Å². The average Bonchev–Trinajstić information content (AvgIpc) is 2.48. The van der Waals surface area contributed by atoms with Crippen LogP contribution in [0.4, 0.5) is 23.5 Å². The van der Waals surface area contributed by atoms with Crippen molar-refractivity contribution in [1.82, 2.24) is 15.0 Å². The van der Waals surface area contributed by atoms with Gasteiger partial charge in [0, 0.05) is 18.8 Å². The van der Waals surface area contributed by atoms with E-state index in [-0.39, 0.29) is 0 Å². The van der Waals surface area contributed by atoms with Crippen molar-refractivity contribution in [2.24, 2.45) is 0 Å². The van der Waals surface area contributed by atoms with Gasteiger partial charge in [-0.15, -0.1) is 0 Å². The summed E-state index contributed by atoms with van der Waals surface area (Å²) >= 11 is 0. The fraction of sp³-hybridized carbons (Fsp3) is 0.438. The number of nitrogens with zero attached hydrogens (tertiary/aromatic N) is 3. The van der Waals surface area contributed by atoms with Crippen LogP contribution in [0.5, 0.6) is 0 Å². The summed E-state index contributed by atoms with van der Waals surface area (Å²) in [6, 6.07) is 8.31. The number of benzene rings is 1. The molecule has 0 radical (unpaired) electrons. The number of aromatic nitrogens is 3. The summed E-state index contributed by atoms with van der Waals surface area (Å²) in [5.41, 5.74) is 2.27. The molecule has 0 fully saturated rings. The minimum absolute atomic E-state index is 0.520.